The SMILES string of the molecule is NC1CCN(S(=O)(=O)c2cccc3c(Cl)nccc23)C1. The smallest absolute Gasteiger partial charge is 0.243 e. The summed E-state index contributed by atoms with van der Waals surface area (Å²) in [6, 6.07) is 6.62. The van der Waals surface area contributed by atoms with Gasteiger partial charge in [0, 0.05) is 36.1 Å². The number of fused-ring (bicyclic) bond motifs is 1. The number of pyridine rings is 1. The first-order valence-corrected chi connectivity index (χ1v) is 8.11. The Morgan fingerprint density at radius 2 is 2.10 bits per heavy atom. The third kappa shape index (κ3) is 2.18. The van der Waals surface area contributed by atoms with Crippen molar-refractivity contribution >= 4 is 32.4 Å². The van der Waals surface area contributed by atoms with Crippen LogP contribution in [0.25, 0.3) is 10.8 Å². The molecule has 2 heterocycles. The highest BCUT2D eigenvalue weighted by Gasteiger charge is 2.32. The Bertz CT molecular complexity index is 763. The second kappa shape index (κ2) is 4.96. The van der Waals surface area contributed by atoms with Gasteiger partial charge in [-0.05, 0) is 18.6 Å². The van der Waals surface area contributed by atoms with Crippen molar-refractivity contribution in [3.8, 4) is 0 Å². The Morgan fingerprint density at radius 1 is 1.30 bits per heavy atom. The summed E-state index contributed by atoms with van der Waals surface area (Å²) in [7, 11) is -3.55. The number of rotatable bonds is 2. The van der Waals surface area contributed by atoms with Crippen molar-refractivity contribution < 1.29 is 8.42 Å². The number of hydrogen-bond acceptors (Lipinski definition) is 4. The number of sulfonamides is 1. The summed E-state index contributed by atoms with van der Waals surface area (Å²) in [5, 5.41) is 1.53. The average molecular weight is 312 g/mol. The Morgan fingerprint density at radius 3 is 2.80 bits per heavy atom. The Labute approximate surface area is 122 Å². The van der Waals surface area contributed by atoms with Crippen LogP contribution in [0.3, 0.4) is 0 Å². The van der Waals surface area contributed by atoms with E-state index in [0.29, 0.717) is 35.4 Å². The first kappa shape index (κ1) is 13.8. The van der Waals surface area contributed by atoms with Gasteiger partial charge >= 0.3 is 0 Å². The maximum absolute atomic E-state index is 12.7. The van der Waals surface area contributed by atoms with Gasteiger partial charge in [0.25, 0.3) is 0 Å². The van der Waals surface area contributed by atoms with Crippen LogP contribution in [-0.2, 0) is 10.0 Å². The van der Waals surface area contributed by atoms with Gasteiger partial charge in [0.2, 0.25) is 10.0 Å². The predicted octanol–water partition coefficient (Wildman–Crippen LogP) is 1.61. The lowest BCUT2D eigenvalue weighted by Crippen LogP contribution is -2.32. The third-order valence-corrected chi connectivity index (χ3v) is 5.75. The Kier molecular flexibility index (Phi) is 3.41. The number of aromatic nitrogens is 1. The Hall–Kier alpha value is -1.21. The zero-order valence-corrected chi connectivity index (χ0v) is 12.2. The van der Waals surface area contributed by atoms with E-state index in [2.05, 4.69) is 4.98 Å². The largest absolute Gasteiger partial charge is 0.326 e. The first-order valence-electron chi connectivity index (χ1n) is 6.29. The molecule has 5 nitrogen and oxygen atoms in total. The van der Waals surface area contributed by atoms with Gasteiger partial charge in [-0.2, -0.15) is 4.31 Å². The van der Waals surface area contributed by atoms with E-state index in [1.165, 1.54) is 10.5 Å². The van der Waals surface area contributed by atoms with Gasteiger partial charge in [0.1, 0.15) is 5.15 Å². The first-order chi connectivity index (χ1) is 9.50. The number of nitrogens with two attached hydrogens (primary N) is 1. The van der Waals surface area contributed by atoms with E-state index >= 15 is 0 Å². The molecule has 0 bridgehead atoms. The van der Waals surface area contributed by atoms with E-state index in [9.17, 15) is 8.42 Å². The minimum Gasteiger partial charge on any atom is -0.326 e. The lowest BCUT2D eigenvalue weighted by molar-refractivity contribution is 0.473. The van der Waals surface area contributed by atoms with Crippen LogP contribution in [-0.4, -0.2) is 36.8 Å². The minimum atomic E-state index is -3.55. The van der Waals surface area contributed by atoms with Crippen molar-refractivity contribution in [1.29, 1.82) is 0 Å². The van der Waals surface area contributed by atoms with Crippen LogP contribution in [0.4, 0.5) is 0 Å². The summed E-state index contributed by atoms with van der Waals surface area (Å²) < 4.78 is 26.9. The van der Waals surface area contributed by atoms with E-state index in [1.54, 1.807) is 24.3 Å². The summed E-state index contributed by atoms with van der Waals surface area (Å²) >= 11 is 6.02. The van der Waals surface area contributed by atoms with Crippen molar-refractivity contribution in [2.24, 2.45) is 5.73 Å². The maximum Gasteiger partial charge on any atom is 0.243 e. The molecule has 1 aromatic heterocycles. The molecule has 1 aliphatic heterocycles. The molecule has 0 saturated carbocycles. The average Bonchev–Trinajstić information content (AvgIpc) is 2.86. The summed E-state index contributed by atoms with van der Waals surface area (Å²) in [6.07, 6.45) is 2.20. The molecule has 1 atom stereocenters. The maximum atomic E-state index is 12.7. The van der Waals surface area contributed by atoms with E-state index in [-0.39, 0.29) is 10.9 Å². The summed E-state index contributed by atoms with van der Waals surface area (Å²) in [5.41, 5.74) is 5.80. The van der Waals surface area contributed by atoms with Gasteiger partial charge in [0.05, 0.1) is 4.90 Å². The molecular weight excluding hydrogens is 298 g/mol. The molecule has 1 aliphatic rings. The van der Waals surface area contributed by atoms with Crippen LogP contribution < -0.4 is 5.73 Å². The molecular formula is C13H14ClN3O2S. The van der Waals surface area contributed by atoms with E-state index in [1.807, 2.05) is 0 Å². The van der Waals surface area contributed by atoms with Gasteiger partial charge in [-0.1, -0.05) is 23.7 Å². The molecule has 20 heavy (non-hydrogen) atoms. The van der Waals surface area contributed by atoms with Crippen molar-refractivity contribution in [1.82, 2.24) is 9.29 Å². The van der Waals surface area contributed by atoms with E-state index < -0.39 is 10.0 Å². The summed E-state index contributed by atoms with van der Waals surface area (Å²) in [6.45, 7) is 0.816. The van der Waals surface area contributed by atoms with Crippen molar-refractivity contribution in [2.75, 3.05) is 13.1 Å². The molecule has 0 spiro atoms. The monoisotopic (exact) mass is 311 g/mol. The fourth-order valence-corrected chi connectivity index (χ4v) is 4.42. The number of nitrogens with zero attached hydrogens (tertiary/aromatic N) is 2. The van der Waals surface area contributed by atoms with Crippen molar-refractivity contribution in [3.63, 3.8) is 0 Å². The lowest BCUT2D eigenvalue weighted by atomic mass is 10.2. The minimum absolute atomic E-state index is 0.0926. The van der Waals surface area contributed by atoms with Crippen LogP contribution in [0, 0.1) is 0 Å². The van der Waals surface area contributed by atoms with Crippen LogP contribution in [0.1, 0.15) is 6.42 Å². The summed E-state index contributed by atoms with van der Waals surface area (Å²) in [5.74, 6) is 0. The van der Waals surface area contributed by atoms with Crippen LogP contribution >= 0.6 is 11.6 Å². The van der Waals surface area contributed by atoms with Crippen LogP contribution in [0.2, 0.25) is 5.15 Å². The van der Waals surface area contributed by atoms with Gasteiger partial charge in [-0.15, -0.1) is 0 Å². The second-order valence-corrected chi connectivity index (χ2v) is 7.13. The molecule has 106 valence electrons. The molecule has 7 heteroatoms. The molecule has 1 fully saturated rings. The number of benzene rings is 1. The molecule has 1 unspecified atom stereocenters. The lowest BCUT2D eigenvalue weighted by Gasteiger charge is -2.17. The molecule has 3 rings (SSSR count). The highest BCUT2D eigenvalue weighted by molar-refractivity contribution is 7.89. The Balaban J connectivity index is 2.17. The van der Waals surface area contributed by atoms with E-state index in [4.69, 9.17) is 17.3 Å². The standard InChI is InChI=1S/C13H14ClN3O2S/c14-13-11-2-1-3-12(10(11)4-6-16-13)20(18,19)17-7-5-9(15)8-17/h1-4,6,9H,5,7-8,15H2. The quantitative estimate of drug-likeness (QED) is 0.855. The molecule has 0 amide bonds. The summed E-state index contributed by atoms with van der Waals surface area (Å²) in [4.78, 5) is 4.23. The van der Waals surface area contributed by atoms with Crippen LogP contribution in [0.5, 0.6) is 0 Å². The third-order valence-electron chi connectivity index (χ3n) is 3.52. The van der Waals surface area contributed by atoms with Gasteiger partial charge in [-0.25, -0.2) is 13.4 Å². The predicted molar refractivity (Wildman–Crippen MR) is 78.1 cm³/mol. The number of halogens is 1. The topological polar surface area (TPSA) is 76.3 Å². The molecule has 0 aliphatic carbocycles. The molecule has 1 aromatic carbocycles. The molecule has 0 radical (unpaired) electrons. The molecule has 1 saturated heterocycles. The van der Waals surface area contributed by atoms with Crippen molar-refractivity contribution in [2.45, 2.75) is 17.4 Å². The fourth-order valence-electron chi connectivity index (χ4n) is 2.48. The highest BCUT2D eigenvalue weighted by atomic mass is 35.5. The zero-order chi connectivity index (χ0) is 14.3. The number of hydrogen-bond donors (Lipinski definition) is 1. The highest BCUT2D eigenvalue weighted by Crippen LogP contribution is 2.30. The zero-order valence-electron chi connectivity index (χ0n) is 10.7. The van der Waals surface area contributed by atoms with Crippen molar-refractivity contribution in [3.05, 3.63) is 35.6 Å². The van der Waals surface area contributed by atoms with Gasteiger partial charge in [0.15, 0.2) is 0 Å². The van der Waals surface area contributed by atoms with Crippen LogP contribution in [0.15, 0.2) is 35.4 Å². The molecule has 2 N–H and O–H groups in total. The van der Waals surface area contributed by atoms with Gasteiger partial charge < -0.3 is 5.73 Å². The van der Waals surface area contributed by atoms with E-state index in [0.717, 1.165) is 0 Å². The van der Waals surface area contributed by atoms with Gasteiger partial charge in [-0.3, -0.25) is 0 Å². The second-order valence-electron chi connectivity index (χ2n) is 4.86. The fraction of sp³-hybridized carbons (Fsp3) is 0.308. The molecule has 2 aromatic rings. The normalized spacial score (nSPS) is 20.6.